The lowest BCUT2D eigenvalue weighted by atomic mass is 10.1. The van der Waals surface area contributed by atoms with E-state index in [9.17, 15) is 14.9 Å². The second-order valence-electron chi connectivity index (χ2n) is 6.58. The van der Waals surface area contributed by atoms with Crippen molar-refractivity contribution in [3.8, 4) is 16.9 Å². The minimum absolute atomic E-state index is 0.0199. The molecule has 152 valence electrons. The largest absolute Gasteiger partial charge is 0.289 e. The minimum atomic E-state index is -0.618. The number of para-hydroxylation sites is 1. The highest BCUT2D eigenvalue weighted by Gasteiger charge is 2.16. The van der Waals surface area contributed by atoms with Crippen LogP contribution < -0.4 is 0 Å². The average Bonchev–Trinajstić information content (AvgIpc) is 3.23. The van der Waals surface area contributed by atoms with Crippen molar-refractivity contribution in [2.75, 3.05) is 0 Å². The van der Waals surface area contributed by atoms with Gasteiger partial charge in [-0.15, -0.1) is 0 Å². The number of hydrogen-bond acceptors (Lipinski definition) is 5. The number of ketones is 1. The lowest BCUT2D eigenvalue weighted by Crippen LogP contribution is -1.97. The summed E-state index contributed by atoms with van der Waals surface area (Å²) >= 11 is 5.83. The van der Waals surface area contributed by atoms with Gasteiger partial charge in [-0.1, -0.05) is 29.8 Å². The quantitative estimate of drug-likeness (QED) is 0.177. The Morgan fingerprint density at radius 1 is 1.10 bits per heavy atom. The van der Waals surface area contributed by atoms with Crippen molar-refractivity contribution in [2.24, 2.45) is 0 Å². The smallest absolute Gasteiger partial charge is 0.288 e. The number of hydrogen-bond donors (Lipinski definition) is 0. The van der Waals surface area contributed by atoms with Crippen LogP contribution in [0.2, 0.25) is 5.02 Å². The van der Waals surface area contributed by atoms with Gasteiger partial charge >= 0.3 is 0 Å². The number of nitro benzene ring substituents is 1. The van der Waals surface area contributed by atoms with E-state index in [-0.39, 0.29) is 22.1 Å². The molecule has 0 bridgehead atoms. The summed E-state index contributed by atoms with van der Waals surface area (Å²) < 4.78 is 1.72. The Hall–Kier alpha value is -4.10. The fourth-order valence-electron chi connectivity index (χ4n) is 3.02. The lowest BCUT2D eigenvalue weighted by Gasteiger charge is -2.00. The highest BCUT2D eigenvalue weighted by Crippen LogP contribution is 2.27. The van der Waals surface area contributed by atoms with E-state index in [0.29, 0.717) is 11.3 Å². The van der Waals surface area contributed by atoms with E-state index in [4.69, 9.17) is 11.6 Å². The molecule has 2 aromatic carbocycles. The van der Waals surface area contributed by atoms with E-state index >= 15 is 0 Å². The minimum Gasteiger partial charge on any atom is -0.289 e. The number of aromatic nitrogens is 3. The van der Waals surface area contributed by atoms with Crippen LogP contribution in [0.5, 0.6) is 0 Å². The zero-order valence-corrected chi connectivity index (χ0v) is 16.8. The summed E-state index contributed by atoms with van der Waals surface area (Å²) in [4.78, 5) is 27.3. The molecule has 0 amide bonds. The van der Waals surface area contributed by atoms with E-state index in [1.165, 1.54) is 24.3 Å². The van der Waals surface area contributed by atoms with Gasteiger partial charge in [0.25, 0.3) is 5.69 Å². The summed E-state index contributed by atoms with van der Waals surface area (Å²) in [5, 5.41) is 15.7. The number of nitro groups is 1. The average molecular weight is 431 g/mol. The third-order valence-electron chi connectivity index (χ3n) is 4.54. The third-order valence-corrected chi connectivity index (χ3v) is 4.86. The molecule has 31 heavy (non-hydrogen) atoms. The number of nitrogens with zero attached hydrogens (tertiary/aromatic N) is 4. The molecule has 0 atom stereocenters. The molecular formula is C23H15ClN4O3. The number of carbonyl (C=O) groups excluding carboxylic acids is 1. The first-order valence-electron chi connectivity index (χ1n) is 9.25. The van der Waals surface area contributed by atoms with Crippen LogP contribution in [-0.4, -0.2) is 25.5 Å². The first-order valence-corrected chi connectivity index (χ1v) is 9.62. The highest BCUT2D eigenvalue weighted by atomic mass is 35.5. The molecule has 2 aromatic heterocycles. The molecule has 2 heterocycles. The molecule has 0 fully saturated rings. The van der Waals surface area contributed by atoms with Crippen molar-refractivity contribution < 1.29 is 9.72 Å². The standard InChI is InChI=1S/C23H15ClN4O3/c24-20-10-8-16(13-21(20)28(30)31)22(29)11-9-18-15-27(19-6-2-1-3-7-19)26-23(18)17-5-4-12-25-14-17/h1-15H. The summed E-state index contributed by atoms with van der Waals surface area (Å²) in [6, 6.07) is 17.2. The fraction of sp³-hybridized carbons (Fsp3) is 0. The second kappa shape index (κ2) is 8.73. The van der Waals surface area contributed by atoms with Gasteiger partial charge in [0.15, 0.2) is 5.78 Å². The number of carbonyl (C=O) groups is 1. The monoisotopic (exact) mass is 430 g/mol. The number of benzene rings is 2. The van der Waals surface area contributed by atoms with Gasteiger partial charge < -0.3 is 0 Å². The normalized spacial score (nSPS) is 11.0. The van der Waals surface area contributed by atoms with Crippen LogP contribution in [0.15, 0.2) is 85.3 Å². The van der Waals surface area contributed by atoms with Gasteiger partial charge in [0.2, 0.25) is 0 Å². The molecule has 0 aliphatic rings. The van der Waals surface area contributed by atoms with E-state index in [2.05, 4.69) is 10.1 Å². The van der Waals surface area contributed by atoms with Crippen LogP contribution in [0.1, 0.15) is 15.9 Å². The lowest BCUT2D eigenvalue weighted by molar-refractivity contribution is -0.384. The molecule has 7 nitrogen and oxygen atoms in total. The van der Waals surface area contributed by atoms with Crippen LogP contribution >= 0.6 is 11.6 Å². The predicted molar refractivity (Wildman–Crippen MR) is 118 cm³/mol. The summed E-state index contributed by atoms with van der Waals surface area (Å²) in [5.74, 6) is -0.385. The van der Waals surface area contributed by atoms with Crippen molar-refractivity contribution in [1.29, 1.82) is 0 Å². The number of rotatable bonds is 6. The SMILES string of the molecule is O=C(C=Cc1cn(-c2ccccc2)nc1-c1cccnc1)c1ccc(Cl)c([N+](=O)[O-])c1. The van der Waals surface area contributed by atoms with Crippen molar-refractivity contribution in [3.63, 3.8) is 0 Å². The maximum Gasteiger partial charge on any atom is 0.288 e. The first kappa shape index (κ1) is 20.2. The number of allylic oxidation sites excluding steroid dienone is 1. The summed E-state index contributed by atoms with van der Waals surface area (Å²) in [6.07, 6.45) is 8.17. The van der Waals surface area contributed by atoms with Crippen molar-refractivity contribution in [3.05, 3.63) is 112 Å². The molecule has 0 aliphatic heterocycles. The highest BCUT2D eigenvalue weighted by molar-refractivity contribution is 6.32. The van der Waals surface area contributed by atoms with Crippen molar-refractivity contribution in [2.45, 2.75) is 0 Å². The van der Waals surface area contributed by atoms with Gasteiger partial charge in [-0.2, -0.15) is 5.10 Å². The molecule has 0 unspecified atom stereocenters. The molecule has 0 radical (unpaired) electrons. The van der Waals surface area contributed by atoms with Gasteiger partial charge in [0.1, 0.15) is 10.7 Å². The van der Waals surface area contributed by atoms with Crippen LogP contribution in [0.4, 0.5) is 5.69 Å². The van der Waals surface area contributed by atoms with Gasteiger partial charge in [-0.25, -0.2) is 4.68 Å². The first-order chi connectivity index (χ1) is 15.0. The summed E-state index contributed by atoms with van der Waals surface area (Å²) in [6.45, 7) is 0. The molecule has 0 aliphatic carbocycles. The Morgan fingerprint density at radius 3 is 2.61 bits per heavy atom. The molecular weight excluding hydrogens is 416 g/mol. The molecule has 0 saturated heterocycles. The maximum atomic E-state index is 12.6. The Kier molecular flexibility index (Phi) is 5.68. The molecule has 4 aromatic rings. The van der Waals surface area contributed by atoms with E-state index in [0.717, 1.165) is 11.3 Å². The molecule has 0 N–H and O–H groups in total. The molecule has 4 rings (SSSR count). The van der Waals surface area contributed by atoms with Gasteiger partial charge in [0, 0.05) is 41.3 Å². The summed E-state index contributed by atoms with van der Waals surface area (Å²) in [5.41, 5.74) is 2.88. The third kappa shape index (κ3) is 4.41. The van der Waals surface area contributed by atoms with Crippen LogP contribution in [0.3, 0.4) is 0 Å². The number of pyridine rings is 1. The predicted octanol–water partition coefficient (Wildman–Crippen LogP) is 5.39. The fourth-order valence-corrected chi connectivity index (χ4v) is 3.20. The Balaban J connectivity index is 1.71. The van der Waals surface area contributed by atoms with Crippen LogP contribution in [-0.2, 0) is 0 Å². The van der Waals surface area contributed by atoms with Crippen LogP contribution in [0.25, 0.3) is 23.0 Å². The maximum absolute atomic E-state index is 12.6. The van der Waals surface area contributed by atoms with E-state index in [1.54, 1.807) is 23.2 Å². The van der Waals surface area contributed by atoms with E-state index in [1.807, 2.05) is 48.7 Å². The second-order valence-corrected chi connectivity index (χ2v) is 6.98. The van der Waals surface area contributed by atoms with Gasteiger partial charge in [-0.3, -0.25) is 19.9 Å². The number of halogens is 1. The zero-order chi connectivity index (χ0) is 21.8. The van der Waals surface area contributed by atoms with Crippen molar-refractivity contribution >= 4 is 29.1 Å². The van der Waals surface area contributed by atoms with Gasteiger partial charge in [0.05, 0.1) is 10.6 Å². The van der Waals surface area contributed by atoms with Crippen LogP contribution in [0, 0.1) is 10.1 Å². The Labute approximate surface area is 182 Å². The van der Waals surface area contributed by atoms with Crippen molar-refractivity contribution in [1.82, 2.24) is 14.8 Å². The topological polar surface area (TPSA) is 90.9 Å². The molecule has 8 heteroatoms. The molecule has 0 saturated carbocycles. The molecule has 0 spiro atoms. The Bertz CT molecular complexity index is 1280. The Morgan fingerprint density at radius 2 is 1.90 bits per heavy atom. The van der Waals surface area contributed by atoms with Gasteiger partial charge in [-0.05, 0) is 48.6 Å². The van der Waals surface area contributed by atoms with E-state index < -0.39 is 4.92 Å². The zero-order valence-electron chi connectivity index (χ0n) is 16.1. The summed E-state index contributed by atoms with van der Waals surface area (Å²) in [7, 11) is 0.